The van der Waals surface area contributed by atoms with Crippen molar-refractivity contribution in [2.75, 3.05) is 30.3 Å². The first kappa shape index (κ1) is 20.0. The first-order valence-electron chi connectivity index (χ1n) is 10.6. The number of hydrogen-bond acceptors (Lipinski definition) is 8. The molecule has 10 heteroatoms. The van der Waals surface area contributed by atoms with Gasteiger partial charge in [0.1, 0.15) is 11.2 Å². The van der Waals surface area contributed by atoms with Gasteiger partial charge in [-0.05, 0) is 38.8 Å². The van der Waals surface area contributed by atoms with Crippen LogP contribution in [0.1, 0.15) is 25.5 Å². The Balaban J connectivity index is 1.50. The van der Waals surface area contributed by atoms with Crippen LogP contribution in [0.15, 0.2) is 16.9 Å². The van der Waals surface area contributed by atoms with Crippen LogP contribution >= 0.6 is 0 Å². The van der Waals surface area contributed by atoms with Crippen molar-refractivity contribution in [3.63, 3.8) is 0 Å². The van der Waals surface area contributed by atoms with Crippen molar-refractivity contribution in [3.8, 4) is 11.3 Å². The average molecular weight is 425 g/mol. The summed E-state index contributed by atoms with van der Waals surface area (Å²) in [5.74, 6) is 1.06. The Morgan fingerprint density at radius 1 is 1.26 bits per heavy atom. The number of nitrogens with zero attached hydrogens (tertiary/aromatic N) is 5. The van der Waals surface area contributed by atoms with Crippen LogP contribution in [0.4, 0.5) is 11.8 Å². The minimum absolute atomic E-state index is 0.0120. The number of anilines is 2. The SMILES string of the molecule is Cc1nc(N)ccc1-c1[nH]nc2nc(N3CCC4(CC3)CO[C@@H](C)[C@H]4N)n(C)c(=O)c12. The molecule has 0 aromatic carbocycles. The van der Waals surface area contributed by atoms with Gasteiger partial charge in [-0.25, -0.2) is 4.98 Å². The fourth-order valence-electron chi connectivity index (χ4n) is 4.99. The molecule has 5 rings (SSSR count). The number of hydrogen-bond donors (Lipinski definition) is 3. The van der Waals surface area contributed by atoms with Gasteiger partial charge in [-0.15, -0.1) is 0 Å². The van der Waals surface area contributed by atoms with E-state index in [1.165, 1.54) is 0 Å². The highest BCUT2D eigenvalue weighted by Crippen LogP contribution is 2.41. The van der Waals surface area contributed by atoms with E-state index in [1.807, 2.05) is 19.9 Å². The highest BCUT2D eigenvalue weighted by molar-refractivity contribution is 5.91. The molecule has 0 saturated carbocycles. The lowest BCUT2D eigenvalue weighted by molar-refractivity contribution is 0.0973. The number of nitrogen functional groups attached to an aromatic ring is 1. The fourth-order valence-corrected chi connectivity index (χ4v) is 4.99. The number of H-pyrrole nitrogens is 1. The van der Waals surface area contributed by atoms with E-state index in [2.05, 4.69) is 20.1 Å². The molecule has 164 valence electrons. The Bertz CT molecular complexity index is 1210. The number of rotatable bonds is 2. The average Bonchev–Trinajstić information content (AvgIpc) is 3.29. The molecule has 2 aliphatic rings. The second-order valence-electron chi connectivity index (χ2n) is 8.83. The molecule has 5 heterocycles. The van der Waals surface area contributed by atoms with Crippen LogP contribution in [0.2, 0.25) is 0 Å². The molecule has 0 amide bonds. The zero-order valence-corrected chi connectivity index (χ0v) is 18.1. The lowest BCUT2D eigenvalue weighted by atomic mass is 9.73. The second kappa shape index (κ2) is 7.03. The van der Waals surface area contributed by atoms with E-state index in [-0.39, 0.29) is 23.1 Å². The van der Waals surface area contributed by atoms with Crippen LogP contribution in [0, 0.1) is 12.3 Å². The Morgan fingerprint density at radius 3 is 2.65 bits per heavy atom. The summed E-state index contributed by atoms with van der Waals surface area (Å²) in [5.41, 5.74) is 14.6. The Kier molecular flexibility index (Phi) is 4.52. The first-order valence-corrected chi connectivity index (χ1v) is 10.6. The monoisotopic (exact) mass is 424 g/mol. The van der Waals surface area contributed by atoms with E-state index in [9.17, 15) is 4.79 Å². The van der Waals surface area contributed by atoms with Crippen LogP contribution in [0.3, 0.4) is 0 Å². The van der Waals surface area contributed by atoms with E-state index in [1.54, 1.807) is 17.7 Å². The third-order valence-electron chi connectivity index (χ3n) is 7.04. The molecule has 2 fully saturated rings. The number of aromatic nitrogens is 5. The van der Waals surface area contributed by atoms with Crippen molar-refractivity contribution < 1.29 is 4.74 Å². The quantitative estimate of drug-likeness (QED) is 0.552. The maximum Gasteiger partial charge on any atom is 0.266 e. The molecule has 0 aliphatic carbocycles. The smallest absolute Gasteiger partial charge is 0.266 e. The summed E-state index contributed by atoms with van der Waals surface area (Å²) in [7, 11) is 1.76. The second-order valence-corrected chi connectivity index (χ2v) is 8.83. The standard InChI is InChI=1S/C21H28N8O2/c1-11-13(4-5-14(22)24-11)16-15-18(27-26-16)25-20(28(3)19(15)30)29-8-6-21(7-9-29)10-31-12(2)17(21)23/h4-5,12,17H,6-10,23H2,1-3H3,(H2,22,24)(H,26,27)/t12-,17+/m0/s1. The van der Waals surface area contributed by atoms with Crippen molar-refractivity contribution in [1.29, 1.82) is 0 Å². The summed E-state index contributed by atoms with van der Waals surface area (Å²) < 4.78 is 7.42. The maximum atomic E-state index is 13.3. The molecule has 10 nitrogen and oxygen atoms in total. The molecule has 0 unspecified atom stereocenters. The Morgan fingerprint density at radius 2 is 2.00 bits per heavy atom. The van der Waals surface area contributed by atoms with E-state index in [0.717, 1.165) is 37.2 Å². The molecule has 3 aromatic rings. The summed E-state index contributed by atoms with van der Waals surface area (Å²) >= 11 is 0. The van der Waals surface area contributed by atoms with Crippen LogP contribution in [0.5, 0.6) is 0 Å². The summed E-state index contributed by atoms with van der Waals surface area (Å²) in [6, 6.07) is 3.60. The number of aryl methyl sites for hydroxylation is 1. The number of piperidine rings is 1. The summed E-state index contributed by atoms with van der Waals surface area (Å²) in [5, 5.41) is 7.77. The van der Waals surface area contributed by atoms with Crippen molar-refractivity contribution in [2.45, 2.75) is 38.8 Å². The van der Waals surface area contributed by atoms with Gasteiger partial charge in [0.15, 0.2) is 5.65 Å². The minimum Gasteiger partial charge on any atom is -0.384 e. The number of nitrogens with one attached hydrogen (secondary N) is 1. The third kappa shape index (κ3) is 3.01. The topological polar surface area (TPSA) is 141 Å². The highest BCUT2D eigenvalue weighted by atomic mass is 16.5. The van der Waals surface area contributed by atoms with Crippen molar-refractivity contribution in [1.82, 2.24) is 24.7 Å². The van der Waals surface area contributed by atoms with Gasteiger partial charge in [-0.1, -0.05) is 0 Å². The Labute approximate surface area is 179 Å². The highest BCUT2D eigenvalue weighted by Gasteiger charge is 2.47. The van der Waals surface area contributed by atoms with Crippen molar-refractivity contribution in [3.05, 3.63) is 28.2 Å². The van der Waals surface area contributed by atoms with Crippen LogP contribution in [-0.2, 0) is 11.8 Å². The molecule has 31 heavy (non-hydrogen) atoms. The molecule has 2 aliphatic heterocycles. The van der Waals surface area contributed by atoms with Gasteiger partial charge in [0.05, 0.1) is 18.4 Å². The lowest BCUT2D eigenvalue weighted by Crippen LogP contribution is -2.51. The molecule has 2 atom stereocenters. The number of pyridine rings is 1. The van der Waals surface area contributed by atoms with Crippen LogP contribution in [-0.4, -0.2) is 56.6 Å². The van der Waals surface area contributed by atoms with Gasteiger partial charge in [-0.3, -0.25) is 14.5 Å². The maximum absolute atomic E-state index is 13.3. The summed E-state index contributed by atoms with van der Waals surface area (Å²) in [4.78, 5) is 24.5. The predicted molar refractivity (Wildman–Crippen MR) is 119 cm³/mol. The normalized spacial score (nSPS) is 23.2. The van der Waals surface area contributed by atoms with E-state index in [4.69, 9.17) is 21.2 Å². The molecule has 0 radical (unpaired) electrons. The molecule has 0 bridgehead atoms. The van der Waals surface area contributed by atoms with Gasteiger partial charge in [0.25, 0.3) is 5.56 Å². The van der Waals surface area contributed by atoms with Crippen molar-refractivity contribution in [2.24, 2.45) is 18.2 Å². The van der Waals surface area contributed by atoms with Crippen LogP contribution < -0.4 is 21.9 Å². The fraction of sp³-hybridized carbons (Fsp3) is 0.524. The Hall–Kier alpha value is -2.98. The van der Waals surface area contributed by atoms with E-state index >= 15 is 0 Å². The third-order valence-corrected chi connectivity index (χ3v) is 7.04. The number of fused-ring (bicyclic) bond motifs is 1. The van der Waals surface area contributed by atoms with Gasteiger partial charge >= 0.3 is 0 Å². The molecule has 5 N–H and O–H groups in total. The molecular formula is C21H28N8O2. The zero-order valence-electron chi connectivity index (χ0n) is 18.1. The minimum atomic E-state index is -0.144. The summed E-state index contributed by atoms with van der Waals surface area (Å²) in [6.45, 7) is 6.14. The zero-order chi connectivity index (χ0) is 21.9. The van der Waals surface area contributed by atoms with Gasteiger partial charge < -0.3 is 21.1 Å². The number of ether oxygens (including phenoxy) is 1. The lowest BCUT2D eigenvalue weighted by Gasteiger charge is -2.41. The first-order chi connectivity index (χ1) is 14.8. The predicted octanol–water partition coefficient (Wildman–Crippen LogP) is 0.942. The van der Waals surface area contributed by atoms with Gasteiger partial charge in [-0.2, -0.15) is 10.1 Å². The molecule has 3 aromatic heterocycles. The van der Waals surface area contributed by atoms with Gasteiger partial charge in [0.2, 0.25) is 5.95 Å². The largest absolute Gasteiger partial charge is 0.384 e. The molecular weight excluding hydrogens is 396 g/mol. The van der Waals surface area contributed by atoms with Crippen molar-refractivity contribution >= 4 is 22.8 Å². The van der Waals surface area contributed by atoms with Crippen LogP contribution in [0.25, 0.3) is 22.3 Å². The number of nitrogens with two attached hydrogens (primary N) is 2. The van der Waals surface area contributed by atoms with E-state index < -0.39 is 0 Å². The van der Waals surface area contributed by atoms with Gasteiger partial charge in [0, 0.05) is 42.9 Å². The molecule has 2 saturated heterocycles. The van der Waals surface area contributed by atoms with E-state index in [0.29, 0.717) is 35.1 Å². The number of aromatic amines is 1. The molecule has 1 spiro atoms. The summed E-state index contributed by atoms with van der Waals surface area (Å²) in [6.07, 6.45) is 1.91.